The van der Waals surface area contributed by atoms with Gasteiger partial charge in [0, 0.05) is 11.4 Å². The fourth-order valence-electron chi connectivity index (χ4n) is 3.58. The standard InChI is InChI=1S/C27H30N2O5S/c1-4-34-25(31)18-29(24(30)16-23-6-5-15-35-23)26(21-11-7-19(2)8-12-21)27(32)28-17-20-9-13-22(33-3)14-10-20/h5-15,26H,4,16-18H2,1-3H3,(H,28,32)/t26-/m0/s1. The lowest BCUT2D eigenvalue weighted by atomic mass is 10.0. The topological polar surface area (TPSA) is 84.9 Å². The molecular weight excluding hydrogens is 464 g/mol. The van der Waals surface area contributed by atoms with Crippen LogP contribution in [-0.4, -0.2) is 42.9 Å². The zero-order chi connectivity index (χ0) is 25.2. The number of carbonyl (C=O) groups is 3. The number of benzene rings is 2. The normalized spacial score (nSPS) is 11.4. The molecule has 0 aliphatic carbocycles. The van der Waals surface area contributed by atoms with Gasteiger partial charge >= 0.3 is 5.97 Å². The first-order valence-corrected chi connectivity index (χ1v) is 12.2. The van der Waals surface area contributed by atoms with Crippen molar-refractivity contribution in [3.63, 3.8) is 0 Å². The van der Waals surface area contributed by atoms with E-state index in [1.165, 1.54) is 16.2 Å². The largest absolute Gasteiger partial charge is 0.497 e. The second kappa shape index (κ2) is 12.7. The number of nitrogens with one attached hydrogen (secondary N) is 1. The molecule has 1 atom stereocenters. The van der Waals surface area contributed by atoms with Crippen LogP contribution in [-0.2, 0) is 32.1 Å². The van der Waals surface area contributed by atoms with Crippen molar-refractivity contribution < 1.29 is 23.9 Å². The van der Waals surface area contributed by atoms with Crippen LogP contribution in [0, 0.1) is 6.92 Å². The molecule has 0 saturated carbocycles. The number of aryl methyl sites for hydroxylation is 1. The van der Waals surface area contributed by atoms with E-state index in [0.29, 0.717) is 5.56 Å². The Morgan fingerprint density at radius 2 is 1.74 bits per heavy atom. The summed E-state index contributed by atoms with van der Waals surface area (Å²) in [7, 11) is 1.59. The smallest absolute Gasteiger partial charge is 0.325 e. The molecule has 0 saturated heterocycles. The first-order chi connectivity index (χ1) is 16.9. The number of hydrogen-bond acceptors (Lipinski definition) is 6. The summed E-state index contributed by atoms with van der Waals surface area (Å²) in [4.78, 5) is 41.6. The van der Waals surface area contributed by atoms with Gasteiger partial charge in [-0.2, -0.15) is 0 Å². The van der Waals surface area contributed by atoms with Crippen LogP contribution in [0.15, 0.2) is 66.0 Å². The first-order valence-electron chi connectivity index (χ1n) is 11.4. The number of nitrogens with zero attached hydrogens (tertiary/aromatic N) is 1. The first kappa shape index (κ1) is 26.0. The lowest BCUT2D eigenvalue weighted by molar-refractivity contribution is -0.152. The molecule has 2 aromatic carbocycles. The Balaban J connectivity index is 1.90. The fraction of sp³-hybridized carbons (Fsp3) is 0.296. The van der Waals surface area contributed by atoms with Crippen LogP contribution >= 0.6 is 11.3 Å². The third kappa shape index (κ3) is 7.42. The van der Waals surface area contributed by atoms with Crippen molar-refractivity contribution in [2.75, 3.05) is 20.3 Å². The summed E-state index contributed by atoms with van der Waals surface area (Å²) in [6.07, 6.45) is 0.0885. The number of amides is 2. The van der Waals surface area contributed by atoms with E-state index in [4.69, 9.17) is 9.47 Å². The highest BCUT2D eigenvalue weighted by atomic mass is 32.1. The van der Waals surface area contributed by atoms with Crippen LogP contribution in [0.4, 0.5) is 0 Å². The monoisotopic (exact) mass is 494 g/mol. The SMILES string of the molecule is CCOC(=O)CN(C(=O)Cc1cccs1)[C@H](C(=O)NCc1ccc(OC)cc1)c1ccc(C)cc1. The van der Waals surface area contributed by atoms with Crippen LogP contribution in [0.1, 0.15) is 34.5 Å². The molecule has 3 aromatic rings. The van der Waals surface area contributed by atoms with Crippen molar-refractivity contribution in [3.8, 4) is 5.75 Å². The van der Waals surface area contributed by atoms with Crippen molar-refractivity contribution in [1.29, 1.82) is 0 Å². The average Bonchev–Trinajstić information content (AvgIpc) is 3.37. The van der Waals surface area contributed by atoms with Crippen LogP contribution in [0.5, 0.6) is 5.75 Å². The summed E-state index contributed by atoms with van der Waals surface area (Å²) in [6, 6.07) is 17.5. The lowest BCUT2D eigenvalue weighted by Gasteiger charge is -2.30. The van der Waals surface area contributed by atoms with E-state index < -0.39 is 12.0 Å². The van der Waals surface area contributed by atoms with Gasteiger partial charge < -0.3 is 19.7 Å². The predicted octanol–water partition coefficient (Wildman–Crippen LogP) is 4.06. The molecule has 0 fully saturated rings. The fourth-order valence-corrected chi connectivity index (χ4v) is 4.28. The molecule has 0 spiro atoms. The van der Waals surface area contributed by atoms with Crippen LogP contribution < -0.4 is 10.1 Å². The molecule has 0 aliphatic rings. The molecule has 0 radical (unpaired) electrons. The van der Waals surface area contributed by atoms with E-state index in [1.54, 1.807) is 14.0 Å². The molecule has 184 valence electrons. The Bertz CT molecular complexity index is 1110. The predicted molar refractivity (Wildman–Crippen MR) is 135 cm³/mol. The third-order valence-electron chi connectivity index (χ3n) is 5.41. The Kier molecular flexibility index (Phi) is 9.43. The number of rotatable bonds is 11. The molecule has 0 unspecified atom stereocenters. The maximum Gasteiger partial charge on any atom is 0.325 e. The van der Waals surface area contributed by atoms with E-state index in [-0.39, 0.29) is 37.9 Å². The quantitative estimate of drug-likeness (QED) is 0.407. The summed E-state index contributed by atoms with van der Waals surface area (Å²) in [6.45, 7) is 3.77. The van der Waals surface area contributed by atoms with Gasteiger partial charge in [-0.1, -0.05) is 48.0 Å². The van der Waals surface area contributed by atoms with Crippen LogP contribution in [0.25, 0.3) is 0 Å². The van der Waals surface area contributed by atoms with E-state index in [0.717, 1.165) is 21.8 Å². The van der Waals surface area contributed by atoms with Gasteiger partial charge in [-0.05, 0) is 48.6 Å². The van der Waals surface area contributed by atoms with Crippen molar-refractivity contribution in [3.05, 3.63) is 87.6 Å². The van der Waals surface area contributed by atoms with Gasteiger partial charge in [0.05, 0.1) is 20.1 Å². The summed E-state index contributed by atoms with van der Waals surface area (Å²) in [5, 5.41) is 4.81. The molecule has 1 aromatic heterocycles. The second-order valence-electron chi connectivity index (χ2n) is 7.96. The minimum atomic E-state index is -0.995. The summed E-state index contributed by atoms with van der Waals surface area (Å²) >= 11 is 1.45. The molecule has 1 heterocycles. The van der Waals surface area contributed by atoms with Crippen LogP contribution in [0.2, 0.25) is 0 Å². The second-order valence-corrected chi connectivity index (χ2v) is 8.99. The lowest BCUT2D eigenvalue weighted by Crippen LogP contribution is -2.46. The minimum absolute atomic E-state index is 0.0885. The summed E-state index contributed by atoms with van der Waals surface area (Å²) in [5.41, 5.74) is 2.52. The Hall–Kier alpha value is -3.65. The number of methoxy groups -OCH3 is 1. The number of ether oxygens (including phenoxy) is 2. The molecule has 8 heteroatoms. The highest BCUT2D eigenvalue weighted by Crippen LogP contribution is 2.24. The molecule has 0 aliphatic heterocycles. The molecule has 3 rings (SSSR count). The molecule has 1 N–H and O–H groups in total. The van der Waals surface area contributed by atoms with Gasteiger partial charge in [0.1, 0.15) is 18.3 Å². The number of carbonyl (C=O) groups excluding carboxylic acids is 3. The van der Waals surface area contributed by atoms with Gasteiger partial charge in [-0.15, -0.1) is 11.3 Å². The van der Waals surface area contributed by atoms with Crippen molar-refractivity contribution >= 4 is 29.1 Å². The molecule has 35 heavy (non-hydrogen) atoms. The Morgan fingerprint density at radius 3 is 2.34 bits per heavy atom. The number of hydrogen-bond donors (Lipinski definition) is 1. The third-order valence-corrected chi connectivity index (χ3v) is 6.29. The minimum Gasteiger partial charge on any atom is -0.497 e. The number of thiophene rings is 1. The van der Waals surface area contributed by atoms with Gasteiger partial charge in [-0.25, -0.2) is 0 Å². The zero-order valence-electron chi connectivity index (χ0n) is 20.2. The van der Waals surface area contributed by atoms with Crippen molar-refractivity contribution in [2.45, 2.75) is 32.9 Å². The van der Waals surface area contributed by atoms with Crippen molar-refractivity contribution in [2.24, 2.45) is 0 Å². The highest BCUT2D eigenvalue weighted by molar-refractivity contribution is 7.10. The van der Waals surface area contributed by atoms with Crippen LogP contribution in [0.3, 0.4) is 0 Å². The zero-order valence-corrected chi connectivity index (χ0v) is 21.0. The van der Waals surface area contributed by atoms with Gasteiger partial charge in [0.15, 0.2) is 0 Å². The highest BCUT2D eigenvalue weighted by Gasteiger charge is 2.33. The molecule has 0 bridgehead atoms. The maximum atomic E-state index is 13.5. The van der Waals surface area contributed by atoms with Crippen molar-refractivity contribution in [1.82, 2.24) is 10.2 Å². The van der Waals surface area contributed by atoms with Gasteiger partial charge in [0.25, 0.3) is 0 Å². The van der Waals surface area contributed by atoms with Gasteiger partial charge in [-0.3, -0.25) is 14.4 Å². The molecular formula is C27H30N2O5S. The number of esters is 1. The van der Waals surface area contributed by atoms with E-state index in [1.807, 2.05) is 73.0 Å². The Morgan fingerprint density at radius 1 is 1.03 bits per heavy atom. The summed E-state index contributed by atoms with van der Waals surface area (Å²) in [5.74, 6) is -0.552. The van der Waals surface area contributed by atoms with E-state index in [2.05, 4.69) is 5.32 Å². The summed E-state index contributed by atoms with van der Waals surface area (Å²) < 4.78 is 10.3. The maximum absolute atomic E-state index is 13.5. The Labute approximate surface area is 209 Å². The van der Waals surface area contributed by atoms with E-state index in [9.17, 15) is 14.4 Å². The van der Waals surface area contributed by atoms with Gasteiger partial charge in [0.2, 0.25) is 11.8 Å². The average molecular weight is 495 g/mol. The van der Waals surface area contributed by atoms with E-state index >= 15 is 0 Å². The molecule has 2 amide bonds. The molecule has 7 nitrogen and oxygen atoms in total.